The largest absolute Gasteiger partial charge is 0.494 e. The molecule has 4 N–H and O–H groups in total. The fraction of sp³-hybridized carbons (Fsp3) is 0.367. The molecule has 1 heterocycles. The van der Waals surface area contributed by atoms with E-state index in [0.29, 0.717) is 23.7 Å². The van der Waals surface area contributed by atoms with Gasteiger partial charge in [-0.15, -0.1) is 0 Å². The van der Waals surface area contributed by atoms with Crippen molar-refractivity contribution in [2.75, 3.05) is 38.1 Å². The van der Waals surface area contributed by atoms with Crippen molar-refractivity contribution >= 4 is 29.3 Å². The molecule has 0 aliphatic carbocycles. The van der Waals surface area contributed by atoms with E-state index in [9.17, 15) is 4.79 Å². The molecule has 0 fully saturated rings. The van der Waals surface area contributed by atoms with E-state index in [1.807, 2.05) is 37.3 Å². The Kier molecular flexibility index (Phi) is 9.27. The lowest BCUT2D eigenvalue weighted by molar-refractivity contribution is -0.143. The molecule has 1 aliphatic heterocycles. The fourth-order valence-electron chi connectivity index (χ4n) is 4.91. The summed E-state index contributed by atoms with van der Waals surface area (Å²) in [6.07, 6.45) is 0.226. The number of fused-ring (bicyclic) bond motifs is 1. The highest BCUT2D eigenvalue weighted by Gasteiger charge is 2.25. The van der Waals surface area contributed by atoms with Gasteiger partial charge in [-0.1, -0.05) is 30.3 Å². The fourth-order valence-corrected chi connectivity index (χ4v) is 6.02. The summed E-state index contributed by atoms with van der Waals surface area (Å²) in [5.41, 5.74) is 11.7. The number of aryl methyl sites for hydroxylation is 1. The van der Waals surface area contributed by atoms with E-state index < -0.39 is 0 Å². The number of nitrogens with two attached hydrogens (primary N) is 2. The van der Waals surface area contributed by atoms with Gasteiger partial charge in [0.25, 0.3) is 0 Å². The van der Waals surface area contributed by atoms with E-state index >= 15 is 0 Å². The van der Waals surface area contributed by atoms with Gasteiger partial charge in [-0.05, 0) is 79.2 Å². The molecule has 2 atom stereocenters. The molecule has 0 radical (unpaired) electrons. The van der Waals surface area contributed by atoms with Gasteiger partial charge in [0, 0.05) is 26.1 Å². The number of carbonyl (C=O) groups is 1. The molecule has 4 rings (SSSR count). The third kappa shape index (κ3) is 6.79. The highest BCUT2D eigenvalue weighted by molar-refractivity contribution is 7.97. The zero-order valence-electron chi connectivity index (χ0n) is 23.3. The number of para-hydroxylation sites is 1. The van der Waals surface area contributed by atoms with E-state index in [1.165, 1.54) is 16.1 Å². The van der Waals surface area contributed by atoms with Crippen LogP contribution in [0.1, 0.15) is 48.4 Å². The van der Waals surface area contributed by atoms with E-state index in [-0.39, 0.29) is 24.4 Å². The van der Waals surface area contributed by atoms with Crippen molar-refractivity contribution in [1.82, 2.24) is 4.31 Å². The number of nitrogens with zero attached hydrogens (tertiary/aromatic N) is 2. The van der Waals surface area contributed by atoms with Gasteiger partial charge in [-0.25, -0.2) is 10.1 Å². The number of hydrogen-bond donors (Lipinski definition) is 2. The van der Waals surface area contributed by atoms with E-state index in [1.54, 1.807) is 26.1 Å². The van der Waals surface area contributed by atoms with Gasteiger partial charge in [-0.2, -0.15) is 0 Å². The zero-order valence-corrected chi connectivity index (χ0v) is 24.1. The summed E-state index contributed by atoms with van der Waals surface area (Å²) >= 11 is 1.71. The molecule has 208 valence electrons. The van der Waals surface area contributed by atoms with E-state index in [2.05, 4.69) is 42.4 Å². The second-order valence-corrected chi connectivity index (χ2v) is 10.9. The quantitative estimate of drug-likeness (QED) is 0.121. The maximum atomic E-state index is 12.7. The van der Waals surface area contributed by atoms with Crippen molar-refractivity contribution in [3.05, 3.63) is 76.9 Å². The van der Waals surface area contributed by atoms with Crippen molar-refractivity contribution in [3.63, 3.8) is 0 Å². The van der Waals surface area contributed by atoms with Crippen molar-refractivity contribution in [2.45, 2.75) is 50.7 Å². The Morgan fingerprint density at radius 1 is 1.21 bits per heavy atom. The molecule has 1 aliphatic rings. The second kappa shape index (κ2) is 12.6. The third-order valence-corrected chi connectivity index (χ3v) is 7.84. The third-order valence-electron chi connectivity index (χ3n) is 6.77. The number of esters is 1. The molecule has 0 aromatic heterocycles. The smallest absolute Gasteiger partial charge is 0.306 e. The van der Waals surface area contributed by atoms with Crippen LogP contribution in [0.3, 0.4) is 0 Å². The van der Waals surface area contributed by atoms with Crippen LogP contribution in [0.15, 0.2) is 59.5 Å². The molecule has 0 amide bonds. The Hall–Kier alpha value is -3.40. The van der Waals surface area contributed by atoms with Crippen LogP contribution in [0.4, 0.5) is 11.4 Å². The van der Waals surface area contributed by atoms with Crippen molar-refractivity contribution < 1.29 is 19.0 Å². The Morgan fingerprint density at radius 3 is 2.69 bits per heavy atom. The van der Waals surface area contributed by atoms with Crippen LogP contribution in [0.25, 0.3) is 0 Å². The van der Waals surface area contributed by atoms with Crippen LogP contribution in [-0.2, 0) is 16.1 Å². The first kappa shape index (κ1) is 28.6. The number of rotatable bonds is 9. The molecule has 0 saturated carbocycles. The molecule has 39 heavy (non-hydrogen) atoms. The number of hydrazine groups is 1. The van der Waals surface area contributed by atoms with Gasteiger partial charge < -0.3 is 25.0 Å². The number of carbonyl (C=O) groups excluding carboxylic acids is 1. The number of hydrogen-bond acceptors (Lipinski definition) is 9. The first-order chi connectivity index (χ1) is 18.7. The van der Waals surface area contributed by atoms with Crippen LogP contribution in [-0.4, -0.2) is 43.7 Å². The average molecular weight is 551 g/mol. The normalized spacial score (nSPS) is 16.0. The first-order valence-electron chi connectivity index (χ1n) is 13.1. The standard InChI is InChI=1S/C30H38N4O4S/c1-6-37-29(35)16-24(22-14-25(31)30(33(4)32)27(15-22)36-5)21-12-11-19(2)23(13-21)18-34-17-20(3)38-26-9-7-8-10-28(26)39-34/h7-15,20,24H,6,16-18,31-32H2,1-5H3/t20-,24?/m1/s1. The molecule has 3 aromatic carbocycles. The summed E-state index contributed by atoms with van der Waals surface area (Å²) in [5.74, 6) is 6.92. The SMILES string of the molecule is CCOC(=O)CC(c1ccc(C)c(CN2C[C@@H](C)Oc3ccccc3S2)c1)c1cc(N)c(N(C)N)c(OC)c1. The monoisotopic (exact) mass is 550 g/mol. The average Bonchev–Trinajstić information content (AvgIpc) is 3.05. The number of methoxy groups -OCH3 is 1. The summed E-state index contributed by atoms with van der Waals surface area (Å²) < 4.78 is 19.4. The number of anilines is 2. The molecule has 3 aromatic rings. The van der Waals surface area contributed by atoms with E-state index in [0.717, 1.165) is 34.9 Å². The Morgan fingerprint density at radius 2 is 1.97 bits per heavy atom. The molecular weight excluding hydrogens is 512 g/mol. The minimum atomic E-state index is -0.281. The highest BCUT2D eigenvalue weighted by Crippen LogP contribution is 2.40. The summed E-state index contributed by atoms with van der Waals surface area (Å²) in [7, 11) is 3.29. The lowest BCUT2D eigenvalue weighted by Gasteiger charge is -2.25. The topological polar surface area (TPSA) is 103 Å². The number of benzene rings is 3. The van der Waals surface area contributed by atoms with Crippen molar-refractivity contribution in [1.29, 1.82) is 0 Å². The van der Waals surface area contributed by atoms with Crippen LogP contribution >= 0.6 is 11.9 Å². The zero-order chi connectivity index (χ0) is 28.1. The maximum absolute atomic E-state index is 12.7. The molecule has 8 nitrogen and oxygen atoms in total. The number of nitrogen functional groups attached to an aromatic ring is 1. The molecule has 0 bridgehead atoms. The van der Waals surface area contributed by atoms with Crippen molar-refractivity contribution in [2.24, 2.45) is 5.84 Å². The van der Waals surface area contributed by atoms with Crippen molar-refractivity contribution in [3.8, 4) is 11.5 Å². The Balaban J connectivity index is 1.70. The van der Waals surface area contributed by atoms with Gasteiger partial charge >= 0.3 is 5.97 Å². The number of ether oxygens (including phenoxy) is 3. The first-order valence-corrected chi connectivity index (χ1v) is 13.9. The van der Waals surface area contributed by atoms with Gasteiger partial charge in [0.1, 0.15) is 23.3 Å². The lowest BCUT2D eigenvalue weighted by Crippen LogP contribution is -2.27. The highest BCUT2D eigenvalue weighted by atomic mass is 32.2. The van der Waals surface area contributed by atoms with Crippen LogP contribution < -0.4 is 26.1 Å². The van der Waals surface area contributed by atoms with Crippen LogP contribution in [0, 0.1) is 6.92 Å². The second-order valence-electron chi connectivity index (χ2n) is 9.81. The molecule has 0 spiro atoms. The van der Waals surface area contributed by atoms with Crippen LogP contribution in [0.5, 0.6) is 11.5 Å². The predicted octanol–water partition coefficient (Wildman–Crippen LogP) is 5.27. The maximum Gasteiger partial charge on any atom is 0.306 e. The van der Waals surface area contributed by atoms with Gasteiger partial charge in [0.2, 0.25) is 0 Å². The Labute approximate surface area is 235 Å². The molecular formula is C30H38N4O4S. The summed E-state index contributed by atoms with van der Waals surface area (Å²) in [6.45, 7) is 7.83. The van der Waals surface area contributed by atoms with Crippen LogP contribution in [0.2, 0.25) is 0 Å². The summed E-state index contributed by atoms with van der Waals surface area (Å²) in [4.78, 5) is 13.8. The summed E-state index contributed by atoms with van der Waals surface area (Å²) in [6, 6.07) is 18.3. The van der Waals surface area contributed by atoms with Gasteiger partial charge in [0.15, 0.2) is 0 Å². The molecule has 1 unspecified atom stereocenters. The van der Waals surface area contributed by atoms with E-state index in [4.69, 9.17) is 25.8 Å². The molecule has 0 saturated heterocycles. The minimum Gasteiger partial charge on any atom is -0.494 e. The molecule has 9 heteroatoms. The van der Waals surface area contributed by atoms with Gasteiger partial charge in [-0.3, -0.25) is 4.79 Å². The Bertz CT molecular complexity index is 1320. The predicted molar refractivity (Wildman–Crippen MR) is 157 cm³/mol. The summed E-state index contributed by atoms with van der Waals surface area (Å²) in [5, 5.41) is 1.43. The lowest BCUT2D eigenvalue weighted by atomic mass is 9.86. The van der Waals surface area contributed by atoms with Gasteiger partial charge in [0.05, 0.1) is 30.7 Å². The minimum absolute atomic E-state index is 0.0517.